The van der Waals surface area contributed by atoms with Gasteiger partial charge < -0.3 is 5.32 Å². The topological polar surface area (TPSA) is 79.4 Å². The van der Waals surface area contributed by atoms with Crippen LogP contribution in [0.1, 0.15) is 41.6 Å². The zero-order chi connectivity index (χ0) is 23.8. The predicted octanol–water partition coefficient (Wildman–Crippen LogP) is 5.09. The number of anilines is 1. The number of nitrogens with zero attached hydrogens (tertiary/aromatic N) is 2. The third kappa shape index (κ3) is 5.63. The molecule has 0 aliphatic carbocycles. The summed E-state index contributed by atoms with van der Waals surface area (Å²) in [5.74, 6) is 0.200. The summed E-state index contributed by atoms with van der Waals surface area (Å²) in [6.07, 6.45) is 1.32. The van der Waals surface area contributed by atoms with E-state index < -0.39 is 9.84 Å². The molecular weight excluding hydrogens is 478 g/mol. The number of sulfone groups is 1. The Morgan fingerprint density at radius 1 is 1.15 bits per heavy atom. The van der Waals surface area contributed by atoms with E-state index in [1.165, 1.54) is 33.9 Å². The van der Waals surface area contributed by atoms with Crippen LogP contribution < -0.4 is 5.32 Å². The van der Waals surface area contributed by atoms with Crippen LogP contribution >= 0.6 is 22.9 Å². The van der Waals surface area contributed by atoms with Gasteiger partial charge in [-0.1, -0.05) is 49.7 Å². The van der Waals surface area contributed by atoms with E-state index >= 15 is 0 Å². The van der Waals surface area contributed by atoms with Gasteiger partial charge in [-0.05, 0) is 41.3 Å². The predicted molar refractivity (Wildman–Crippen MR) is 132 cm³/mol. The zero-order valence-corrected chi connectivity index (χ0v) is 21.1. The number of nitrogens with one attached hydrogen (secondary N) is 1. The van der Waals surface area contributed by atoms with E-state index in [9.17, 15) is 13.2 Å². The van der Waals surface area contributed by atoms with Crippen LogP contribution in [0.15, 0.2) is 53.4 Å². The largest absolute Gasteiger partial charge is 0.302 e. The molecule has 0 bridgehead atoms. The summed E-state index contributed by atoms with van der Waals surface area (Å²) in [6, 6.07) is 14.5. The highest BCUT2D eigenvalue weighted by Gasteiger charge is 2.36. The molecule has 0 fully saturated rings. The lowest BCUT2D eigenvalue weighted by atomic mass is 10.0. The van der Waals surface area contributed by atoms with Crippen LogP contribution in [0.4, 0.5) is 5.13 Å². The summed E-state index contributed by atoms with van der Waals surface area (Å²) in [5.41, 5.74) is 2.99. The second-order valence-corrected chi connectivity index (χ2v) is 12.2. The molecule has 1 atom stereocenters. The number of hydrogen-bond acceptors (Lipinski definition) is 6. The summed E-state index contributed by atoms with van der Waals surface area (Å²) in [5, 5.41) is 4.25. The van der Waals surface area contributed by atoms with Crippen molar-refractivity contribution in [3.8, 4) is 0 Å². The smallest absolute Gasteiger partial charge is 0.230 e. The van der Waals surface area contributed by atoms with E-state index in [0.29, 0.717) is 11.0 Å². The van der Waals surface area contributed by atoms with Gasteiger partial charge >= 0.3 is 0 Å². The second-order valence-electron chi connectivity index (χ2n) is 8.69. The first-order valence-corrected chi connectivity index (χ1v) is 13.8. The van der Waals surface area contributed by atoms with Gasteiger partial charge in [-0.15, -0.1) is 11.3 Å². The van der Waals surface area contributed by atoms with Crippen LogP contribution in [0.3, 0.4) is 0 Å². The van der Waals surface area contributed by atoms with Crippen molar-refractivity contribution in [3.63, 3.8) is 0 Å². The molecule has 0 radical (unpaired) electrons. The molecular formula is C24H26ClN3O3S2. The van der Waals surface area contributed by atoms with Gasteiger partial charge in [0.25, 0.3) is 0 Å². The van der Waals surface area contributed by atoms with Gasteiger partial charge in [-0.3, -0.25) is 9.69 Å². The molecule has 6 nitrogen and oxygen atoms in total. The van der Waals surface area contributed by atoms with Crippen LogP contribution in [0.5, 0.6) is 0 Å². The molecule has 1 aliphatic rings. The lowest BCUT2D eigenvalue weighted by molar-refractivity contribution is -0.115. The molecule has 9 heteroatoms. The number of aromatic nitrogens is 1. The molecule has 1 aliphatic heterocycles. The first-order chi connectivity index (χ1) is 15.6. The molecule has 1 N–H and O–H groups in total. The molecule has 1 amide bonds. The van der Waals surface area contributed by atoms with Crippen molar-refractivity contribution in [2.24, 2.45) is 5.92 Å². The molecule has 3 aromatic rings. The Hall–Kier alpha value is -2.26. The first kappa shape index (κ1) is 23.9. The van der Waals surface area contributed by atoms with Crippen molar-refractivity contribution in [2.45, 2.75) is 44.3 Å². The quantitative estimate of drug-likeness (QED) is 0.485. The highest BCUT2D eigenvalue weighted by molar-refractivity contribution is 7.90. The van der Waals surface area contributed by atoms with Crippen molar-refractivity contribution >= 4 is 43.8 Å². The van der Waals surface area contributed by atoms with Crippen molar-refractivity contribution in [1.29, 1.82) is 0 Å². The summed E-state index contributed by atoms with van der Waals surface area (Å²) < 4.78 is 23.2. The Balaban J connectivity index is 1.42. The van der Waals surface area contributed by atoms with Gasteiger partial charge in [-0.25, -0.2) is 13.4 Å². The van der Waals surface area contributed by atoms with E-state index in [-0.39, 0.29) is 23.3 Å². The van der Waals surface area contributed by atoms with E-state index in [2.05, 4.69) is 24.1 Å². The van der Waals surface area contributed by atoms with Crippen molar-refractivity contribution < 1.29 is 13.2 Å². The molecule has 4 rings (SSSR count). The fourth-order valence-corrected chi connectivity index (χ4v) is 5.94. The molecule has 0 unspecified atom stereocenters. The molecule has 0 saturated heterocycles. The maximum Gasteiger partial charge on any atom is 0.230 e. The molecule has 0 spiro atoms. The van der Waals surface area contributed by atoms with Crippen LogP contribution in [-0.2, 0) is 34.1 Å². The minimum Gasteiger partial charge on any atom is -0.302 e. The molecule has 2 heterocycles. The average Bonchev–Trinajstić information content (AvgIpc) is 3.25. The van der Waals surface area contributed by atoms with Crippen LogP contribution in [0.2, 0.25) is 5.02 Å². The molecule has 33 heavy (non-hydrogen) atoms. The lowest BCUT2D eigenvalue weighted by Crippen LogP contribution is -2.26. The van der Waals surface area contributed by atoms with Crippen molar-refractivity contribution in [1.82, 2.24) is 9.88 Å². The maximum absolute atomic E-state index is 12.6. The highest BCUT2D eigenvalue weighted by Crippen LogP contribution is 2.43. The second kappa shape index (κ2) is 9.54. The minimum absolute atomic E-state index is 0.157. The van der Waals surface area contributed by atoms with E-state index in [0.717, 1.165) is 35.6 Å². The molecule has 1 aromatic heterocycles. The van der Waals surface area contributed by atoms with Crippen molar-refractivity contribution in [3.05, 3.63) is 75.3 Å². The Bertz CT molecular complexity index is 1250. The number of hydrogen-bond donors (Lipinski definition) is 1. The number of thiazole rings is 1. The van der Waals surface area contributed by atoms with Gasteiger partial charge in [0.1, 0.15) is 0 Å². The number of carbonyl (C=O) groups is 1. The number of halogens is 1. The first-order valence-electron chi connectivity index (χ1n) is 10.7. The van der Waals surface area contributed by atoms with Crippen molar-refractivity contribution in [2.75, 3.05) is 11.6 Å². The monoisotopic (exact) mass is 503 g/mol. The minimum atomic E-state index is -3.25. The summed E-state index contributed by atoms with van der Waals surface area (Å²) in [4.78, 5) is 21.2. The third-order valence-corrected chi connectivity index (χ3v) is 7.99. The average molecular weight is 504 g/mol. The summed E-state index contributed by atoms with van der Waals surface area (Å²) in [7, 11) is -3.25. The fraction of sp³-hybridized carbons (Fsp3) is 0.333. The Morgan fingerprint density at radius 3 is 2.39 bits per heavy atom. The van der Waals surface area contributed by atoms with E-state index in [4.69, 9.17) is 16.6 Å². The SMILES string of the molecule is CC(C)[C@H]1c2nc(NC(=O)Cc3ccc(S(C)(=O)=O)cc3)sc2CN1Cc1ccc(Cl)cc1. The lowest BCUT2D eigenvalue weighted by Gasteiger charge is -2.27. The number of amides is 1. The Morgan fingerprint density at radius 2 is 1.79 bits per heavy atom. The number of benzene rings is 2. The molecule has 174 valence electrons. The molecule has 0 saturated carbocycles. The Kier molecular flexibility index (Phi) is 6.91. The van der Waals surface area contributed by atoms with Gasteiger partial charge in [0.15, 0.2) is 15.0 Å². The number of fused-ring (bicyclic) bond motifs is 1. The van der Waals surface area contributed by atoms with Crippen LogP contribution in [-0.4, -0.2) is 30.5 Å². The fourth-order valence-electron chi connectivity index (χ4n) is 4.14. The zero-order valence-electron chi connectivity index (χ0n) is 18.7. The number of rotatable bonds is 7. The number of carbonyl (C=O) groups excluding carboxylic acids is 1. The standard InChI is InChI=1S/C24H26ClN3O3S2/c1-15(2)23-22-20(14-28(23)13-17-4-8-18(25)9-5-17)32-24(27-22)26-21(29)12-16-6-10-19(11-7-16)33(3,30)31/h4-11,15,23H,12-14H2,1-3H3,(H,26,27,29)/t23-/m0/s1. The molecule has 2 aromatic carbocycles. The van der Waals surface area contributed by atoms with Gasteiger partial charge in [0, 0.05) is 29.2 Å². The van der Waals surface area contributed by atoms with E-state index in [1.807, 2.05) is 24.3 Å². The van der Waals surface area contributed by atoms with Crippen LogP contribution in [0, 0.1) is 5.92 Å². The Labute approximate surface area is 203 Å². The van der Waals surface area contributed by atoms with Crippen LogP contribution in [0.25, 0.3) is 0 Å². The summed E-state index contributed by atoms with van der Waals surface area (Å²) in [6.45, 7) is 5.98. The van der Waals surface area contributed by atoms with Gasteiger partial charge in [0.2, 0.25) is 5.91 Å². The maximum atomic E-state index is 12.6. The normalized spacial score (nSPS) is 16.2. The highest BCUT2D eigenvalue weighted by atomic mass is 35.5. The van der Waals surface area contributed by atoms with Gasteiger partial charge in [-0.2, -0.15) is 0 Å². The summed E-state index contributed by atoms with van der Waals surface area (Å²) >= 11 is 7.54. The van der Waals surface area contributed by atoms with Gasteiger partial charge in [0.05, 0.1) is 23.1 Å². The third-order valence-electron chi connectivity index (χ3n) is 5.64. The van der Waals surface area contributed by atoms with E-state index in [1.54, 1.807) is 12.1 Å².